The van der Waals surface area contributed by atoms with Crippen LogP contribution >= 0.6 is 6.26 Å². The highest BCUT2D eigenvalue weighted by Crippen LogP contribution is 2.64. The maximum Gasteiger partial charge on any atom is 0.390 e. The molecule has 2 unspecified atom stereocenters. The summed E-state index contributed by atoms with van der Waals surface area (Å²) in [4.78, 5) is 46.7. The van der Waals surface area contributed by atoms with E-state index in [9.17, 15) is 24.6 Å². The number of nitrogens with two attached hydrogens (primary N) is 1. The minimum absolute atomic E-state index is 0.0956. The molecule has 4 N–H and O–H groups in total. The molecule has 11 nitrogen and oxygen atoms in total. The third-order valence-corrected chi connectivity index (χ3v) is 11.7. The molecular formula is C22H16NO10PS. The Kier molecular flexibility index (Phi) is 5.53. The summed E-state index contributed by atoms with van der Waals surface area (Å²) in [5.41, 5.74) is -0.604. The molecule has 2 heterocycles. The van der Waals surface area contributed by atoms with Crippen LogP contribution in [-0.2, 0) is 24.5 Å². The van der Waals surface area contributed by atoms with Crippen molar-refractivity contribution in [3.63, 3.8) is 0 Å². The molecule has 180 valence electrons. The second-order valence-electron chi connectivity index (χ2n) is 7.20. The Morgan fingerprint density at radius 1 is 1.00 bits per heavy atom. The first-order chi connectivity index (χ1) is 16.8. The lowest BCUT2D eigenvalue weighted by Crippen LogP contribution is -2.18. The number of hydrogen-bond donors (Lipinski definition) is 3. The van der Waals surface area contributed by atoms with Gasteiger partial charge in [0.15, 0.2) is 17.8 Å². The lowest BCUT2D eigenvalue weighted by atomic mass is 10.2. The predicted octanol–water partition coefficient (Wildman–Crippen LogP) is 1.80. The van der Waals surface area contributed by atoms with Crippen molar-refractivity contribution in [2.45, 2.75) is 0 Å². The molecule has 0 bridgehead atoms. The maximum atomic E-state index is 12.7. The van der Waals surface area contributed by atoms with E-state index in [1.807, 2.05) is 0 Å². The van der Waals surface area contributed by atoms with Gasteiger partial charge in [-0.1, -0.05) is 24.3 Å². The molecular weight excluding hydrogens is 501 g/mol. The maximum absolute atomic E-state index is 12.7. The number of ether oxygens (including phenoxy) is 1. The Morgan fingerprint density at radius 2 is 1.66 bits per heavy atom. The van der Waals surface area contributed by atoms with Crippen molar-refractivity contribution < 1.29 is 47.8 Å². The van der Waals surface area contributed by atoms with Crippen LogP contribution < -0.4 is 25.0 Å². The van der Waals surface area contributed by atoms with Gasteiger partial charge in [-0.3, -0.25) is 5.14 Å². The standard InChI is InChI=1S/C22H16NO10PS/c1-29-35(23)34-16-10-13(22(28)32-31-21(27)11-6-2-4-8-14(11)24)17(25)18(19(16)34)30-20(26)12-7-3-5-9-15(12)33-34/h2-10,24-25H,23H2,1H3. The highest BCUT2D eigenvalue weighted by atomic mass is 32.5. The third-order valence-electron chi connectivity index (χ3n) is 5.26. The van der Waals surface area contributed by atoms with Crippen molar-refractivity contribution in [2.75, 3.05) is 7.11 Å². The lowest BCUT2D eigenvalue weighted by molar-refractivity contribution is -0.187. The fourth-order valence-corrected chi connectivity index (χ4v) is 9.72. The first-order valence-electron chi connectivity index (χ1n) is 9.85. The quantitative estimate of drug-likeness (QED) is 0.153. The van der Waals surface area contributed by atoms with Crippen molar-refractivity contribution in [1.29, 1.82) is 0 Å². The number of phenols is 2. The topological polar surface area (TPSA) is 164 Å². The zero-order chi connectivity index (χ0) is 24.9. The third kappa shape index (κ3) is 3.55. The number of fused-ring (bicyclic) bond motifs is 2. The van der Waals surface area contributed by atoms with Crippen LogP contribution in [-0.4, -0.2) is 35.2 Å². The Morgan fingerprint density at radius 3 is 2.37 bits per heavy atom. The molecule has 2 atom stereocenters. The molecule has 0 radical (unpaired) electrons. The number of aromatic hydroxyl groups is 2. The van der Waals surface area contributed by atoms with Gasteiger partial charge in [-0.2, -0.15) is 0 Å². The molecule has 0 amide bonds. The van der Waals surface area contributed by atoms with E-state index in [0.29, 0.717) is 10.6 Å². The zero-order valence-electron chi connectivity index (χ0n) is 17.8. The van der Waals surface area contributed by atoms with Crippen molar-refractivity contribution >= 4 is 45.3 Å². The predicted molar refractivity (Wildman–Crippen MR) is 124 cm³/mol. The van der Waals surface area contributed by atoms with Crippen LogP contribution in [0.5, 0.6) is 23.0 Å². The number of rotatable bonds is 3. The molecule has 0 fully saturated rings. The normalized spacial score (nSPS) is 17.9. The minimum Gasteiger partial charge on any atom is -0.507 e. The van der Waals surface area contributed by atoms with Crippen molar-refractivity contribution in [3.05, 3.63) is 71.3 Å². The molecule has 3 aromatic rings. The van der Waals surface area contributed by atoms with E-state index in [-0.39, 0.29) is 28.4 Å². The van der Waals surface area contributed by atoms with Gasteiger partial charge < -0.3 is 23.7 Å². The number of phenolic OH excluding ortho intramolecular Hbond substituents is 2. The molecule has 0 saturated heterocycles. The van der Waals surface area contributed by atoms with Gasteiger partial charge in [0, 0.05) is 15.8 Å². The molecule has 0 aromatic heterocycles. The summed E-state index contributed by atoms with van der Waals surface area (Å²) in [5, 5.41) is 27.6. The summed E-state index contributed by atoms with van der Waals surface area (Å²) in [7, 11) is 0.0626. The summed E-state index contributed by atoms with van der Waals surface area (Å²) in [6.07, 6.45) is -2.93. The highest BCUT2D eigenvalue weighted by Gasteiger charge is 2.55. The molecule has 0 spiro atoms. The van der Waals surface area contributed by atoms with Crippen LogP contribution in [0, 0.1) is 0 Å². The second-order valence-corrected chi connectivity index (χ2v) is 12.9. The number of benzene rings is 3. The summed E-state index contributed by atoms with van der Waals surface area (Å²) < 4.78 is 17.0. The van der Waals surface area contributed by atoms with E-state index in [4.69, 9.17) is 18.6 Å². The molecule has 3 aromatic carbocycles. The number of hydrogen-bond acceptors (Lipinski definition) is 10. The molecule has 0 saturated carbocycles. The SMILES string of the molecule is COS(N)=P12Oc3ccccc3C(=O)Oc3c(O)c(C(=O)OOC(=O)c4ccccc4O)cc1c32. The average molecular weight is 517 g/mol. The summed E-state index contributed by atoms with van der Waals surface area (Å²) in [6, 6.07) is 13.1. The van der Waals surface area contributed by atoms with E-state index < -0.39 is 46.0 Å². The number of carbonyl (C=O) groups is 3. The Labute approximate surface area is 199 Å². The monoisotopic (exact) mass is 517 g/mol. The van der Waals surface area contributed by atoms with E-state index in [0.717, 1.165) is 0 Å². The van der Waals surface area contributed by atoms with Gasteiger partial charge in [0.25, 0.3) is 0 Å². The van der Waals surface area contributed by atoms with Gasteiger partial charge >= 0.3 is 17.9 Å². The minimum atomic E-state index is -2.93. The van der Waals surface area contributed by atoms with Gasteiger partial charge in [-0.25, -0.2) is 24.2 Å². The molecule has 2 aliphatic heterocycles. The first-order valence-corrected chi connectivity index (χ1v) is 13.4. The average Bonchev–Trinajstić information content (AvgIpc) is 3.49. The fourth-order valence-electron chi connectivity index (χ4n) is 3.56. The molecule has 2 aliphatic rings. The lowest BCUT2D eigenvalue weighted by Gasteiger charge is -2.19. The van der Waals surface area contributed by atoms with E-state index in [1.54, 1.807) is 18.2 Å². The van der Waals surface area contributed by atoms with Gasteiger partial charge in [0.1, 0.15) is 28.2 Å². The van der Waals surface area contributed by atoms with Crippen molar-refractivity contribution in [2.24, 2.45) is 5.14 Å². The van der Waals surface area contributed by atoms with Crippen LogP contribution in [0.2, 0.25) is 0 Å². The van der Waals surface area contributed by atoms with E-state index >= 15 is 0 Å². The van der Waals surface area contributed by atoms with Crippen LogP contribution in [0.25, 0.3) is 0 Å². The second kappa shape index (κ2) is 8.43. The van der Waals surface area contributed by atoms with Crippen LogP contribution in [0.3, 0.4) is 0 Å². The number of para-hydroxylation sites is 2. The summed E-state index contributed by atoms with van der Waals surface area (Å²) in [6.45, 7) is 0. The van der Waals surface area contributed by atoms with E-state index in [1.165, 1.54) is 43.5 Å². The first kappa shape index (κ1) is 22.9. The smallest absolute Gasteiger partial charge is 0.390 e. The summed E-state index contributed by atoms with van der Waals surface area (Å²) >= 11 is 0. The highest BCUT2D eigenvalue weighted by molar-refractivity contribution is 8.37. The number of carbonyl (C=O) groups excluding carboxylic acids is 3. The molecule has 13 heteroatoms. The molecule has 5 rings (SSSR count). The fraction of sp³-hybridized carbons (Fsp3) is 0.0455. The van der Waals surface area contributed by atoms with Crippen molar-refractivity contribution in [3.8, 4) is 23.0 Å². The zero-order valence-corrected chi connectivity index (χ0v) is 19.5. The Balaban J connectivity index is 1.53. The molecule has 0 aliphatic carbocycles. The van der Waals surface area contributed by atoms with Crippen LogP contribution in [0.4, 0.5) is 0 Å². The Bertz CT molecular complexity index is 1500. The van der Waals surface area contributed by atoms with Gasteiger partial charge in [-0.15, -0.1) is 0 Å². The Hall–Kier alpha value is -3.83. The van der Waals surface area contributed by atoms with Crippen LogP contribution in [0.15, 0.2) is 54.6 Å². The number of esters is 1. The molecule has 35 heavy (non-hydrogen) atoms. The van der Waals surface area contributed by atoms with Gasteiger partial charge in [-0.05, 0) is 30.3 Å². The van der Waals surface area contributed by atoms with Gasteiger partial charge in [0.2, 0.25) is 0 Å². The van der Waals surface area contributed by atoms with E-state index in [2.05, 4.69) is 9.78 Å². The van der Waals surface area contributed by atoms with Crippen molar-refractivity contribution in [1.82, 2.24) is 0 Å². The summed E-state index contributed by atoms with van der Waals surface area (Å²) in [5.74, 6) is -4.43. The van der Waals surface area contributed by atoms with Crippen LogP contribution in [0.1, 0.15) is 31.1 Å². The largest absolute Gasteiger partial charge is 0.507 e. The van der Waals surface area contributed by atoms with Gasteiger partial charge in [0.05, 0.1) is 12.4 Å².